The lowest BCUT2D eigenvalue weighted by Crippen LogP contribution is -2.06. The molecule has 0 saturated carbocycles. The third-order valence-electron chi connectivity index (χ3n) is 4.00. The number of fused-ring (bicyclic) bond motifs is 1. The third-order valence-corrected chi connectivity index (χ3v) is 4.67. The van der Waals surface area contributed by atoms with E-state index in [1.165, 1.54) is 5.56 Å². The van der Waals surface area contributed by atoms with E-state index in [1.807, 2.05) is 29.1 Å². The fourth-order valence-electron chi connectivity index (χ4n) is 2.95. The summed E-state index contributed by atoms with van der Waals surface area (Å²) in [6.07, 6.45) is 4.50. The quantitative estimate of drug-likeness (QED) is 0.705. The first-order valence-electron chi connectivity index (χ1n) is 7.48. The van der Waals surface area contributed by atoms with Crippen molar-refractivity contribution in [2.75, 3.05) is 19.0 Å². The molecule has 4 rings (SSSR count). The lowest BCUT2D eigenvalue weighted by atomic mass is 10.1. The standard InChI is InChI=1S/C17H14BrClN4O/c1-24-15-3-2-12(19)7-14(15)23-17-13(4-5-21-17)16(22-23)10-6-11(18)9-20-8-10/h2-3,6-9,21H,4-5H2,1H3. The maximum absolute atomic E-state index is 6.19. The second-order valence-corrected chi connectivity index (χ2v) is 6.82. The Morgan fingerprint density at radius 3 is 2.96 bits per heavy atom. The topological polar surface area (TPSA) is 52.0 Å². The van der Waals surface area contributed by atoms with Gasteiger partial charge in [-0.15, -0.1) is 0 Å². The number of aromatic nitrogens is 3. The number of benzene rings is 1. The Balaban J connectivity index is 1.93. The van der Waals surface area contributed by atoms with E-state index < -0.39 is 0 Å². The van der Waals surface area contributed by atoms with Crippen LogP contribution in [0.1, 0.15) is 5.56 Å². The summed E-state index contributed by atoms with van der Waals surface area (Å²) in [7, 11) is 1.64. The van der Waals surface area contributed by atoms with Gasteiger partial charge >= 0.3 is 0 Å². The van der Waals surface area contributed by atoms with E-state index in [0.717, 1.165) is 46.0 Å². The summed E-state index contributed by atoms with van der Waals surface area (Å²) in [6.45, 7) is 0.879. The van der Waals surface area contributed by atoms with Gasteiger partial charge in [0.25, 0.3) is 0 Å². The first-order valence-corrected chi connectivity index (χ1v) is 8.65. The van der Waals surface area contributed by atoms with Gasteiger partial charge in [0.15, 0.2) is 0 Å². The zero-order valence-electron chi connectivity index (χ0n) is 12.9. The Bertz CT molecular complexity index is 925. The number of anilines is 1. The van der Waals surface area contributed by atoms with Crippen LogP contribution in [0.5, 0.6) is 5.75 Å². The summed E-state index contributed by atoms with van der Waals surface area (Å²) in [5.74, 6) is 1.70. The van der Waals surface area contributed by atoms with Crippen LogP contribution < -0.4 is 10.1 Å². The average molecular weight is 406 g/mol. The van der Waals surface area contributed by atoms with Crippen molar-refractivity contribution in [2.45, 2.75) is 6.42 Å². The van der Waals surface area contributed by atoms with E-state index in [0.29, 0.717) is 5.02 Å². The number of methoxy groups -OCH3 is 1. The molecule has 1 N–H and O–H groups in total. The molecule has 5 nitrogen and oxygen atoms in total. The molecular formula is C17H14BrClN4O. The fourth-order valence-corrected chi connectivity index (χ4v) is 3.48. The Morgan fingerprint density at radius 1 is 1.29 bits per heavy atom. The van der Waals surface area contributed by atoms with Crippen LogP contribution in [0, 0.1) is 0 Å². The van der Waals surface area contributed by atoms with Crippen LogP contribution in [0.4, 0.5) is 5.82 Å². The Morgan fingerprint density at radius 2 is 2.17 bits per heavy atom. The van der Waals surface area contributed by atoms with Gasteiger partial charge in [-0.05, 0) is 46.6 Å². The van der Waals surface area contributed by atoms with Gasteiger partial charge in [-0.1, -0.05) is 11.6 Å². The molecule has 0 atom stereocenters. The molecule has 1 aliphatic rings. The summed E-state index contributed by atoms with van der Waals surface area (Å²) < 4.78 is 8.27. The summed E-state index contributed by atoms with van der Waals surface area (Å²) in [5, 5.41) is 8.87. The van der Waals surface area contributed by atoms with E-state index in [4.69, 9.17) is 21.4 Å². The molecule has 24 heavy (non-hydrogen) atoms. The molecule has 122 valence electrons. The minimum atomic E-state index is 0.638. The largest absolute Gasteiger partial charge is 0.494 e. The number of nitrogens with zero attached hydrogens (tertiary/aromatic N) is 3. The van der Waals surface area contributed by atoms with Crippen LogP contribution in [0.3, 0.4) is 0 Å². The molecule has 2 aromatic heterocycles. The highest BCUT2D eigenvalue weighted by Crippen LogP contribution is 2.37. The number of pyridine rings is 1. The van der Waals surface area contributed by atoms with E-state index >= 15 is 0 Å². The second-order valence-electron chi connectivity index (χ2n) is 5.47. The van der Waals surface area contributed by atoms with Crippen LogP contribution in [0.25, 0.3) is 16.9 Å². The molecule has 0 fully saturated rings. The van der Waals surface area contributed by atoms with Gasteiger partial charge in [-0.3, -0.25) is 4.98 Å². The lowest BCUT2D eigenvalue weighted by molar-refractivity contribution is 0.412. The molecule has 3 aromatic rings. The van der Waals surface area contributed by atoms with Gasteiger partial charge < -0.3 is 10.1 Å². The van der Waals surface area contributed by atoms with Crippen LogP contribution in [0.15, 0.2) is 41.1 Å². The van der Waals surface area contributed by atoms with E-state index in [9.17, 15) is 0 Å². The van der Waals surface area contributed by atoms with Crippen molar-refractivity contribution in [2.24, 2.45) is 0 Å². The summed E-state index contributed by atoms with van der Waals surface area (Å²) in [4.78, 5) is 4.25. The summed E-state index contributed by atoms with van der Waals surface area (Å²) >= 11 is 9.66. The highest BCUT2D eigenvalue weighted by atomic mass is 79.9. The molecular weight excluding hydrogens is 392 g/mol. The van der Waals surface area contributed by atoms with Gasteiger partial charge in [0, 0.05) is 39.6 Å². The average Bonchev–Trinajstić information content (AvgIpc) is 3.17. The molecule has 0 spiro atoms. The lowest BCUT2D eigenvalue weighted by Gasteiger charge is -2.11. The van der Waals surface area contributed by atoms with Crippen LogP contribution in [-0.2, 0) is 6.42 Å². The second kappa shape index (κ2) is 6.11. The molecule has 3 heterocycles. The maximum atomic E-state index is 6.19. The van der Waals surface area contributed by atoms with E-state index in [2.05, 4.69) is 26.2 Å². The molecule has 0 saturated heterocycles. The predicted molar refractivity (Wildman–Crippen MR) is 98.3 cm³/mol. The Hall–Kier alpha value is -2.05. The normalized spacial score (nSPS) is 12.8. The highest BCUT2D eigenvalue weighted by Gasteiger charge is 2.25. The minimum absolute atomic E-state index is 0.638. The number of halogens is 2. The fraction of sp³-hybridized carbons (Fsp3) is 0.176. The SMILES string of the molecule is COc1ccc(Cl)cc1-n1nc(-c2cncc(Br)c2)c2c1NCC2. The number of nitrogens with one attached hydrogen (secondary N) is 1. The molecule has 0 amide bonds. The molecule has 0 unspecified atom stereocenters. The van der Waals surface area contributed by atoms with Crippen molar-refractivity contribution in [1.29, 1.82) is 0 Å². The third kappa shape index (κ3) is 2.56. The number of hydrogen-bond donors (Lipinski definition) is 1. The maximum Gasteiger partial charge on any atom is 0.144 e. The van der Waals surface area contributed by atoms with Crippen LogP contribution in [0.2, 0.25) is 5.02 Å². The molecule has 0 radical (unpaired) electrons. The molecule has 1 aromatic carbocycles. The Labute approximate surface area is 152 Å². The number of ether oxygens (including phenoxy) is 1. The van der Waals surface area contributed by atoms with Crippen molar-refractivity contribution in [3.05, 3.63) is 51.7 Å². The van der Waals surface area contributed by atoms with E-state index in [1.54, 1.807) is 19.4 Å². The van der Waals surface area contributed by atoms with Crippen molar-refractivity contribution in [3.63, 3.8) is 0 Å². The summed E-state index contributed by atoms with van der Waals surface area (Å²) in [6, 6.07) is 7.53. The highest BCUT2D eigenvalue weighted by molar-refractivity contribution is 9.10. The predicted octanol–water partition coefficient (Wildman–Crippen LogP) is 4.33. The van der Waals surface area contributed by atoms with Gasteiger partial charge in [0.2, 0.25) is 0 Å². The minimum Gasteiger partial charge on any atom is -0.494 e. The van der Waals surface area contributed by atoms with Gasteiger partial charge in [0.05, 0.1) is 12.8 Å². The molecule has 0 bridgehead atoms. The first kappa shape index (κ1) is 15.5. The van der Waals surface area contributed by atoms with Gasteiger partial charge in [0.1, 0.15) is 17.3 Å². The van der Waals surface area contributed by atoms with Crippen molar-refractivity contribution >= 4 is 33.3 Å². The Kier molecular flexibility index (Phi) is 3.94. The van der Waals surface area contributed by atoms with E-state index in [-0.39, 0.29) is 0 Å². The smallest absolute Gasteiger partial charge is 0.144 e. The molecule has 0 aliphatic carbocycles. The number of hydrogen-bond acceptors (Lipinski definition) is 4. The number of rotatable bonds is 3. The molecule has 1 aliphatic heterocycles. The summed E-state index contributed by atoms with van der Waals surface area (Å²) in [5.41, 5.74) is 3.89. The van der Waals surface area contributed by atoms with Gasteiger partial charge in [-0.2, -0.15) is 5.10 Å². The first-order chi connectivity index (χ1) is 11.7. The zero-order chi connectivity index (χ0) is 16.7. The van der Waals surface area contributed by atoms with Crippen LogP contribution >= 0.6 is 27.5 Å². The zero-order valence-corrected chi connectivity index (χ0v) is 15.2. The molecule has 7 heteroatoms. The van der Waals surface area contributed by atoms with Crippen molar-refractivity contribution < 1.29 is 4.74 Å². The van der Waals surface area contributed by atoms with Crippen molar-refractivity contribution in [1.82, 2.24) is 14.8 Å². The van der Waals surface area contributed by atoms with Gasteiger partial charge in [-0.25, -0.2) is 4.68 Å². The van der Waals surface area contributed by atoms with Crippen LogP contribution in [-0.4, -0.2) is 28.4 Å². The monoisotopic (exact) mass is 404 g/mol. The van der Waals surface area contributed by atoms with Crippen molar-refractivity contribution in [3.8, 4) is 22.7 Å².